The summed E-state index contributed by atoms with van der Waals surface area (Å²) < 4.78 is 21.3. The first-order valence-electron chi connectivity index (χ1n) is 9.05. The molecule has 1 aliphatic heterocycles. The first-order chi connectivity index (χ1) is 13.5. The van der Waals surface area contributed by atoms with Crippen LogP contribution in [0.15, 0.2) is 48.5 Å². The van der Waals surface area contributed by atoms with E-state index in [-0.39, 0.29) is 24.5 Å². The molecule has 148 valence electrons. The van der Waals surface area contributed by atoms with Crippen LogP contribution in [0, 0.1) is 0 Å². The number of carbonyl (C=O) groups is 2. The second-order valence-corrected chi connectivity index (χ2v) is 6.16. The minimum atomic E-state index is -2.29. The Balaban J connectivity index is 1.86. The van der Waals surface area contributed by atoms with Crippen LogP contribution in [0.5, 0.6) is 11.5 Å². The van der Waals surface area contributed by atoms with Crippen LogP contribution in [-0.4, -0.2) is 35.9 Å². The van der Waals surface area contributed by atoms with E-state index in [1.54, 1.807) is 26.0 Å². The van der Waals surface area contributed by atoms with Crippen molar-refractivity contribution >= 4 is 11.9 Å². The van der Waals surface area contributed by atoms with E-state index in [0.717, 1.165) is 5.56 Å². The Morgan fingerprint density at radius 1 is 1.04 bits per heavy atom. The quantitative estimate of drug-likeness (QED) is 0.578. The highest BCUT2D eigenvalue weighted by molar-refractivity contribution is 6.06. The van der Waals surface area contributed by atoms with Crippen molar-refractivity contribution in [2.24, 2.45) is 0 Å². The highest BCUT2D eigenvalue weighted by Gasteiger charge is 2.62. The van der Waals surface area contributed by atoms with Crippen LogP contribution in [0.4, 0.5) is 0 Å². The lowest BCUT2D eigenvalue weighted by atomic mass is 9.93. The predicted octanol–water partition coefficient (Wildman–Crippen LogP) is 2.56. The summed E-state index contributed by atoms with van der Waals surface area (Å²) in [5, 5.41) is 10.7. The Hall–Kier alpha value is -3.06. The molecule has 2 aromatic carbocycles. The minimum absolute atomic E-state index is 0.0256. The lowest BCUT2D eigenvalue weighted by Gasteiger charge is -2.26. The average molecular weight is 386 g/mol. The van der Waals surface area contributed by atoms with E-state index >= 15 is 0 Å². The zero-order valence-electron chi connectivity index (χ0n) is 15.7. The molecule has 7 nitrogen and oxygen atoms in total. The SMILES string of the molecule is CCOC(=O)C1(C(=O)OCC)Oc2cc(OCc3ccccc3)ccc2C1O. The Morgan fingerprint density at radius 3 is 2.29 bits per heavy atom. The Labute approximate surface area is 162 Å². The van der Waals surface area contributed by atoms with Crippen molar-refractivity contribution in [3.63, 3.8) is 0 Å². The van der Waals surface area contributed by atoms with E-state index in [1.807, 2.05) is 30.3 Å². The number of aliphatic hydroxyl groups is 1. The summed E-state index contributed by atoms with van der Waals surface area (Å²) in [6.45, 7) is 3.58. The lowest BCUT2D eigenvalue weighted by molar-refractivity contribution is -0.187. The van der Waals surface area contributed by atoms with Gasteiger partial charge < -0.3 is 24.1 Å². The molecule has 1 unspecified atom stereocenters. The van der Waals surface area contributed by atoms with Gasteiger partial charge in [-0.1, -0.05) is 30.3 Å². The number of fused-ring (bicyclic) bond motifs is 1. The maximum Gasteiger partial charge on any atom is 0.365 e. The minimum Gasteiger partial charge on any atom is -0.489 e. The maximum atomic E-state index is 12.5. The fraction of sp³-hybridized carbons (Fsp3) is 0.333. The van der Waals surface area contributed by atoms with Gasteiger partial charge in [0.2, 0.25) is 0 Å². The molecule has 0 saturated heterocycles. The van der Waals surface area contributed by atoms with Gasteiger partial charge in [0.05, 0.1) is 13.2 Å². The average Bonchev–Trinajstić information content (AvgIpc) is 3.01. The first kappa shape index (κ1) is 19.7. The number of ether oxygens (including phenoxy) is 4. The Kier molecular flexibility index (Phi) is 5.84. The zero-order valence-corrected chi connectivity index (χ0v) is 15.7. The standard InChI is InChI=1S/C21H22O7/c1-3-25-19(23)21(20(24)26-4-2)18(22)16-11-10-15(12-17(16)28-21)27-13-14-8-6-5-7-9-14/h5-12,18,22H,3-4,13H2,1-2H3. The molecule has 0 saturated carbocycles. The smallest absolute Gasteiger partial charge is 0.365 e. The largest absolute Gasteiger partial charge is 0.489 e. The van der Waals surface area contributed by atoms with Gasteiger partial charge in [-0.05, 0) is 31.5 Å². The van der Waals surface area contributed by atoms with Gasteiger partial charge in [0, 0.05) is 11.6 Å². The van der Waals surface area contributed by atoms with E-state index in [9.17, 15) is 14.7 Å². The summed E-state index contributed by atoms with van der Waals surface area (Å²) in [7, 11) is 0. The highest BCUT2D eigenvalue weighted by atomic mass is 16.6. The molecule has 7 heteroatoms. The molecule has 2 aromatic rings. The third kappa shape index (κ3) is 3.53. The van der Waals surface area contributed by atoms with E-state index in [0.29, 0.717) is 12.4 Å². The van der Waals surface area contributed by atoms with Crippen LogP contribution >= 0.6 is 0 Å². The number of rotatable bonds is 7. The molecule has 0 radical (unpaired) electrons. The number of esters is 2. The molecular weight excluding hydrogens is 364 g/mol. The Morgan fingerprint density at radius 2 is 1.68 bits per heavy atom. The van der Waals surface area contributed by atoms with Crippen LogP contribution in [0.25, 0.3) is 0 Å². The zero-order chi connectivity index (χ0) is 20.1. The second-order valence-electron chi connectivity index (χ2n) is 6.16. The fourth-order valence-corrected chi connectivity index (χ4v) is 2.97. The molecule has 0 fully saturated rings. The second kappa shape index (κ2) is 8.31. The number of benzene rings is 2. The lowest BCUT2D eigenvalue weighted by Crippen LogP contribution is -2.55. The molecule has 0 bridgehead atoms. The summed E-state index contributed by atoms with van der Waals surface area (Å²) in [5.41, 5.74) is -1.02. The molecule has 3 rings (SSSR count). The normalized spacial score (nSPS) is 16.6. The molecule has 1 aliphatic rings. The molecular formula is C21H22O7. The number of hydrogen-bond donors (Lipinski definition) is 1. The van der Waals surface area contributed by atoms with Crippen molar-refractivity contribution in [2.45, 2.75) is 32.2 Å². The van der Waals surface area contributed by atoms with E-state index < -0.39 is 23.6 Å². The van der Waals surface area contributed by atoms with Crippen molar-refractivity contribution in [3.05, 3.63) is 59.7 Å². The van der Waals surface area contributed by atoms with Gasteiger partial charge in [-0.25, -0.2) is 9.59 Å². The molecule has 0 aliphatic carbocycles. The molecule has 0 spiro atoms. The van der Waals surface area contributed by atoms with E-state index in [1.165, 1.54) is 6.07 Å². The van der Waals surface area contributed by atoms with Crippen LogP contribution in [-0.2, 0) is 25.7 Å². The van der Waals surface area contributed by atoms with Crippen molar-refractivity contribution in [1.29, 1.82) is 0 Å². The monoisotopic (exact) mass is 386 g/mol. The number of aliphatic hydroxyl groups excluding tert-OH is 1. The van der Waals surface area contributed by atoms with Crippen molar-refractivity contribution < 1.29 is 33.6 Å². The van der Waals surface area contributed by atoms with Crippen molar-refractivity contribution in [3.8, 4) is 11.5 Å². The van der Waals surface area contributed by atoms with Crippen LogP contribution in [0.2, 0.25) is 0 Å². The van der Waals surface area contributed by atoms with Gasteiger partial charge in [-0.2, -0.15) is 0 Å². The molecule has 0 aromatic heterocycles. The number of hydrogen-bond acceptors (Lipinski definition) is 7. The number of carbonyl (C=O) groups excluding carboxylic acids is 2. The highest BCUT2D eigenvalue weighted by Crippen LogP contribution is 2.46. The van der Waals surface area contributed by atoms with Crippen LogP contribution < -0.4 is 9.47 Å². The van der Waals surface area contributed by atoms with Crippen molar-refractivity contribution in [1.82, 2.24) is 0 Å². The summed E-state index contributed by atoms with van der Waals surface area (Å²) in [6, 6.07) is 14.3. The van der Waals surface area contributed by atoms with Gasteiger partial charge >= 0.3 is 17.5 Å². The summed E-state index contributed by atoms with van der Waals surface area (Å²) >= 11 is 0. The molecule has 28 heavy (non-hydrogen) atoms. The Bertz CT molecular complexity index is 829. The van der Waals surface area contributed by atoms with E-state index in [4.69, 9.17) is 18.9 Å². The summed E-state index contributed by atoms with van der Waals surface area (Å²) in [4.78, 5) is 25.0. The molecule has 1 heterocycles. The topological polar surface area (TPSA) is 91.3 Å². The van der Waals surface area contributed by atoms with Gasteiger partial charge in [0.1, 0.15) is 24.2 Å². The predicted molar refractivity (Wildman–Crippen MR) is 98.8 cm³/mol. The van der Waals surface area contributed by atoms with Gasteiger partial charge in [0.15, 0.2) is 0 Å². The third-order valence-corrected chi connectivity index (χ3v) is 4.34. The maximum absolute atomic E-state index is 12.5. The van der Waals surface area contributed by atoms with Crippen LogP contribution in [0.1, 0.15) is 31.1 Å². The molecule has 0 amide bonds. The van der Waals surface area contributed by atoms with Crippen LogP contribution in [0.3, 0.4) is 0 Å². The fourth-order valence-electron chi connectivity index (χ4n) is 2.97. The molecule has 1 N–H and O–H groups in total. The van der Waals surface area contributed by atoms with Gasteiger partial charge in [-0.3, -0.25) is 0 Å². The first-order valence-corrected chi connectivity index (χ1v) is 9.05. The summed E-state index contributed by atoms with van der Waals surface area (Å²) in [5.74, 6) is -1.36. The molecule has 1 atom stereocenters. The van der Waals surface area contributed by atoms with Gasteiger partial charge in [-0.15, -0.1) is 0 Å². The van der Waals surface area contributed by atoms with Crippen molar-refractivity contribution in [2.75, 3.05) is 13.2 Å². The van der Waals surface area contributed by atoms with E-state index in [2.05, 4.69) is 0 Å². The summed E-state index contributed by atoms with van der Waals surface area (Å²) in [6.07, 6.45) is -1.55. The third-order valence-electron chi connectivity index (χ3n) is 4.34. The van der Waals surface area contributed by atoms with Gasteiger partial charge in [0.25, 0.3) is 0 Å².